The zero-order valence-corrected chi connectivity index (χ0v) is 12.7. The number of rotatable bonds is 2. The number of carbonyl (C=O) groups is 1. The fraction of sp³-hybridized carbons (Fsp3) is 0.625. The number of nitrogens with zero attached hydrogens (tertiary/aromatic N) is 1. The standard InChI is InChI=1S/C16H25NO/c1-11-8-9-12(14(18)16(5,6)7)17-13(11)10-15(2,3)4/h8-9H,10H2,1-7H3. The van der Waals surface area contributed by atoms with E-state index >= 15 is 0 Å². The first-order chi connectivity index (χ1) is 8.00. The Hall–Kier alpha value is -1.18. The third-order valence-electron chi connectivity index (χ3n) is 2.81. The fourth-order valence-corrected chi connectivity index (χ4v) is 1.76. The van der Waals surface area contributed by atoms with Crippen LogP contribution in [0.4, 0.5) is 0 Å². The summed E-state index contributed by atoms with van der Waals surface area (Å²) in [5, 5.41) is 0. The van der Waals surface area contributed by atoms with Gasteiger partial charge in [0, 0.05) is 11.1 Å². The van der Waals surface area contributed by atoms with E-state index in [9.17, 15) is 4.79 Å². The second-order valence-electron chi connectivity index (χ2n) is 7.28. The lowest BCUT2D eigenvalue weighted by atomic mass is 9.87. The highest BCUT2D eigenvalue weighted by Gasteiger charge is 2.25. The maximum atomic E-state index is 12.2. The summed E-state index contributed by atoms with van der Waals surface area (Å²) in [6.45, 7) is 14.4. The molecule has 0 fully saturated rings. The molecule has 0 N–H and O–H groups in total. The summed E-state index contributed by atoms with van der Waals surface area (Å²) >= 11 is 0. The van der Waals surface area contributed by atoms with Gasteiger partial charge in [0.15, 0.2) is 5.78 Å². The molecule has 1 aromatic heterocycles. The zero-order valence-electron chi connectivity index (χ0n) is 12.7. The van der Waals surface area contributed by atoms with Crippen molar-refractivity contribution in [3.8, 4) is 0 Å². The van der Waals surface area contributed by atoms with Crippen molar-refractivity contribution < 1.29 is 4.79 Å². The molecule has 1 rings (SSSR count). The Morgan fingerprint density at radius 3 is 2.11 bits per heavy atom. The molecular formula is C16H25NO. The molecule has 0 aliphatic carbocycles. The van der Waals surface area contributed by atoms with Crippen molar-refractivity contribution in [2.45, 2.75) is 54.9 Å². The first-order valence-corrected chi connectivity index (χ1v) is 6.52. The van der Waals surface area contributed by atoms with Gasteiger partial charge in [0.25, 0.3) is 0 Å². The van der Waals surface area contributed by atoms with Gasteiger partial charge in [-0.15, -0.1) is 0 Å². The normalized spacial score (nSPS) is 12.6. The molecular weight excluding hydrogens is 222 g/mol. The van der Waals surface area contributed by atoms with Gasteiger partial charge in [0.05, 0.1) is 0 Å². The van der Waals surface area contributed by atoms with Crippen LogP contribution in [0.2, 0.25) is 0 Å². The second kappa shape index (κ2) is 4.83. The van der Waals surface area contributed by atoms with Crippen molar-refractivity contribution in [3.63, 3.8) is 0 Å². The SMILES string of the molecule is Cc1ccc(C(=O)C(C)(C)C)nc1CC(C)(C)C. The summed E-state index contributed by atoms with van der Waals surface area (Å²) in [5.74, 6) is 0.109. The maximum absolute atomic E-state index is 12.2. The molecule has 0 spiro atoms. The van der Waals surface area contributed by atoms with Gasteiger partial charge in [-0.1, -0.05) is 47.6 Å². The number of hydrogen-bond acceptors (Lipinski definition) is 2. The van der Waals surface area contributed by atoms with E-state index in [0.717, 1.165) is 17.7 Å². The average molecular weight is 247 g/mol. The summed E-state index contributed by atoms with van der Waals surface area (Å²) in [7, 11) is 0. The fourth-order valence-electron chi connectivity index (χ4n) is 1.76. The van der Waals surface area contributed by atoms with E-state index in [1.54, 1.807) is 0 Å². The lowest BCUT2D eigenvalue weighted by Gasteiger charge is -2.21. The highest BCUT2D eigenvalue weighted by molar-refractivity contribution is 5.98. The van der Waals surface area contributed by atoms with E-state index < -0.39 is 0 Å². The zero-order chi connectivity index (χ0) is 14.1. The summed E-state index contributed by atoms with van der Waals surface area (Å²) in [4.78, 5) is 16.8. The Labute approximate surface area is 111 Å². The van der Waals surface area contributed by atoms with Gasteiger partial charge < -0.3 is 0 Å². The highest BCUT2D eigenvalue weighted by Crippen LogP contribution is 2.24. The van der Waals surface area contributed by atoms with E-state index in [-0.39, 0.29) is 16.6 Å². The number of aromatic nitrogens is 1. The van der Waals surface area contributed by atoms with E-state index in [0.29, 0.717) is 5.69 Å². The van der Waals surface area contributed by atoms with Gasteiger partial charge in [-0.05, 0) is 30.4 Å². The monoisotopic (exact) mass is 247 g/mol. The van der Waals surface area contributed by atoms with Crippen LogP contribution >= 0.6 is 0 Å². The van der Waals surface area contributed by atoms with Crippen LogP contribution in [0.1, 0.15) is 63.3 Å². The topological polar surface area (TPSA) is 30.0 Å². The predicted octanol–water partition coefficient (Wildman–Crippen LogP) is 4.21. The number of Topliss-reactive ketones (excluding diaryl/α,β-unsaturated/α-hetero) is 1. The van der Waals surface area contributed by atoms with Crippen molar-refractivity contribution in [2.75, 3.05) is 0 Å². The number of hydrogen-bond donors (Lipinski definition) is 0. The van der Waals surface area contributed by atoms with E-state index in [2.05, 4.69) is 32.7 Å². The molecule has 100 valence electrons. The van der Waals surface area contributed by atoms with Gasteiger partial charge >= 0.3 is 0 Å². The highest BCUT2D eigenvalue weighted by atomic mass is 16.1. The first kappa shape index (κ1) is 14.9. The molecule has 0 saturated heterocycles. The quantitative estimate of drug-likeness (QED) is 0.733. The number of pyridine rings is 1. The Bertz CT molecular complexity index is 447. The minimum atomic E-state index is -0.374. The van der Waals surface area contributed by atoms with Crippen LogP contribution in [-0.4, -0.2) is 10.8 Å². The van der Waals surface area contributed by atoms with Gasteiger partial charge in [-0.25, -0.2) is 4.98 Å². The van der Waals surface area contributed by atoms with Crippen LogP contribution in [0.25, 0.3) is 0 Å². The van der Waals surface area contributed by atoms with Crippen molar-refractivity contribution in [1.82, 2.24) is 4.98 Å². The summed E-state index contributed by atoms with van der Waals surface area (Å²) < 4.78 is 0. The third kappa shape index (κ3) is 3.94. The summed E-state index contributed by atoms with van der Waals surface area (Å²) in [6, 6.07) is 3.85. The van der Waals surface area contributed by atoms with Gasteiger partial charge in [0.1, 0.15) is 5.69 Å². The van der Waals surface area contributed by atoms with Crippen molar-refractivity contribution >= 4 is 5.78 Å². The Kier molecular flexibility index (Phi) is 3.99. The number of carbonyl (C=O) groups excluding carboxylic acids is 1. The Morgan fingerprint density at radius 1 is 1.11 bits per heavy atom. The second-order valence-corrected chi connectivity index (χ2v) is 7.28. The molecule has 0 atom stereocenters. The number of aryl methyl sites for hydroxylation is 1. The molecule has 2 heteroatoms. The third-order valence-corrected chi connectivity index (χ3v) is 2.81. The molecule has 1 aromatic rings. The summed E-state index contributed by atoms with van der Waals surface area (Å²) in [6.07, 6.45) is 0.893. The van der Waals surface area contributed by atoms with Crippen LogP contribution in [0.3, 0.4) is 0 Å². The van der Waals surface area contributed by atoms with Crippen LogP contribution in [0.5, 0.6) is 0 Å². The molecule has 0 saturated carbocycles. The Morgan fingerprint density at radius 2 is 1.67 bits per heavy atom. The average Bonchev–Trinajstić information content (AvgIpc) is 2.17. The largest absolute Gasteiger partial charge is 0.292 e. The smallest absolute Gasteiger partial charge is 0.186 e. The lowest BCUT2D eigenvalue weighted by Crippen LogP contribution is -2.22. The molecule has 2 nitrogen and oxygen atoms in total. The maximum Gasteiger partial charge on any atom is 0.186 e. The van der Waals surface area contributed by atoms with E-state index in [1.165, 1.54) is 0 Å². The molecule has 0 bridgehead atoms. The van der Waals surface area contributed by atoms with Gasteiger partial charge in [-0.3, -0.25) is 4.79 Å². The first-order valence-electron chi connectivity index (χ1n) is 6.52. The molecule has 0 radical (unpaired) electrons. The van der Waals surface area contributed by atoms with Crippen molar-refractivity contribution in [1.29, 1.82) is 0 Å². The van der Waals surface area contributed by atoms with Crippen molar-refractivity contribution in [2.24, 2.45) is 10.8 Å². The van der Waals surface area contributed by atoms with Crippen LogP contribution in [0, 0.1) is 17.8 Å². The predicted molar refractivity (Wildman–Crippen MR) is 75.9 cm³/mol. The minimum Gasteiger partial charge on any atom is -0.292 e. The minimum absolute atomic E-state index is 0.109. The molecule has 0 unspecified atom stereocenters. The van der Waals surface area contributed by atoms with Crippen LogP contribution < -0.4 is 0 Å². The van der Waals surface area contributed by atoms with Crippen LogP contribution in [-0.2, 0) is 6.42 Å². The van der Waals surface area contributed by atoms with E-state index in [1.807, 2.05) is 32.9 Å². The Balaban J connectivity index is 3.13. The van der Waals surface area contributed by atoms with Gasteiger partial charge in [0.2, 0.25) is 0 Å². The molecule has 0 aliphatic heterocycles. The lowest BCUT2D eigenvalue weighted by molar-refractivity contribution is 0.0852. The molecule has 1 heterocycles. The van der Waals surface area contributed by atoms with E-state index in [4.69, 9.17) is 0 Å². The molecule has 0 aromatic carbocycles. The summed E-state index contributed by atoms with van der Waals surface area (Å²) in [5.41, 5.74) is 2.60. The van der Waals surface area contributed by atoms with Gasteiger partial charge in [-0.2, -0.15) is 0 Å². The van der Waals surface area contributed by atoms with Crippen molar-refractivity contribution in [3.05, 3.63) is 29.1 Å². The van der Waals surface area contributed by atoms with Crippen LogP contribution in [0.15, 0.2) is 12.1 Å². The molecule has 18 heavy (non-hydrogen) atoms. The molecule has 0 aliphatic rings. The molecule has 0 amide bonds. The number of ketones is 1.